The fourth-order valence-corrected chi connectivity index (χ4v) is 5.49. The number of carbonyl (C=O) groups is 1. The topological polar surface area (TPSA) is 283 Å². The molecule has 5 rings (SSSR count). The molecular weight excluding hydrogens is 684 g/mol. The minimum atomic E-state index is -5.32. The second kappa shape index (κ2) is 15.6. The molecule has 20 heteroatoms. The predicted octanol–water partition coefficient (Wildman–Crippen LogP) is -1.27. The summed E-state index contributed by atoms with van der Waals surface area (Å²) in [6.07, 6.45) is 0.710. The van der Waals surface area contributed by atoms with E-state index in [0.717, 1.165) is 0 Å². The maximum absolute atomic E-state index is 13.5. The van der Waals surface area contributed by atoms with Crippen molar-refractivity contribution in [3.63, 3.8) is 0 Å². The number of carbonyl (C=O) groups excluding carboxylic acids is 1. The summed E-state index contributed by atoms with van der Waals surface area (Å²) in [6.45, 7) is 0. The summed E-state index contributed by atoms with van der Waals surface area (Å²) in [5.41, 5.74) is 19.3. The van der Waals surface area contributed by atoms with Gasteiger partial charge in [0.1, 0.15) is 37.3 Å². The Kier molecular flexibility index (Phi) is 12.6. The molecule has 0 saturated heterocycles. The SMILES string of the molecule is Nc1ccc(N=Nc2ccc(N=Nc3c(S(=O)(=O)[O-])cc4c(c3N)C(=O)C(=NNc3ccccc3)C(S(=O)(=O)[O-])=C4)cc2)c(N)c1.[Na+].[Na+]. The van der Waals surface area contributed by atoms with Crippen molar-refractivity contribution in [2.24, 2.45) is 25.6 Å². The Bertz CT molecular complexity index is 2230. The third-order valence-corrected chi connectivity index (χ3v) is 8.04. The number of nitrogens with zero attached hydrogens (tertiary/aromatic N) is 5. The number of nitrogen functional groups attached to an aromatic ring is 3. The van der Waals surface area contributed by atoms with Crippen molar-refractivity contribution in [2.45, 2.75) is 4.90 Å². The van der Waals surface area contributed by atoms with Crippen LogP contribution in [0.3, 0.4) is 0 Å². The number of azo groups is 2. The van der Waals surface area contributed by atoms with Gasteiger partial charge in [0.15, 0.2) is 0 Å². The molecule has 0 saturated carbocycles. The second-order valence-corrected chi connectivity index (χ2v) is 12.2. The number of hydrazone groups is 1. The van der Waals surface area contributed by atoms with E-state index in [9.17, 15) is 30.7 Å². The molecule has 0 unspecified atom stereocenters. The zero-order valence-corrected chi connectivity index (χ0v) is 30.9. The smallest absolute Gasteiger partial charge is 0.744 e. The molecule has 0 heterocycles. The van der Waals surface area contributed by atoms with Gasteiger partial charge in [-0.15, -0.1) is 10.2 Å². The number of nitrogens with one attached hydrogen (secondary N) is 1. The number of rotatable bonds is 8. The Hall–Kier alpha value is -3.82. The molecule has 0 spiro atoms. The van der Waals surface area contributed by atoms with Crippen LogP contribution in [0.15, 0.2) is 114 Å². The van der Waals surface area contributed by atoms with E-state index < -0.39 is 64.0 Å². The second-order valence-electron chi connectivity index (χ2n) is 9.52. The average Bonchev–Trinajstić information content (AvgIpc) is 2.99. The van der Waals surface area contributed by atoms with Crippen molar-refractivity contribution in [2.75, 3.05) is 22.6 Å². The van der Waals surface area contributed by atoms with Crippen LogP contribution in [0.25, 0.3) is 6.08 Å². The molecule has 234 valence electrons. The first-order valence-electron chi connectivity index (χ1n) is 12.8. The van der Waals surface area contributed by atoms with Crippen LogP contribution in [0.5, 0.6) is 0 Å². The summed E-state index contributed by atoms with van der Waals surface area (Å²) in [5.74, 6) is -1.14. The Balaban J connectivity index is 0.00000312. The Morgan fingerprint density at radius 2 is 1.31 bits per heavy atom. The molecule has 0 fully saturated rings. The average molecular weight is 706 g/mol. The van der Waals surface area contributed by atoms with Crippen LogP contribution >= 0.6 is 0 Å². The number of hydrogen-bond acceptors (Lipinski definition) is 16. The number of benzene rings is 4. The van der Waals surface area contributed by atoms with Crippen molar-refractivity contribution >= 4 is 83.3 Å². The van der Waals surface area contributed by atoms with Crippen LogP contribution in [0, 0.1) is 0 Å². The molecule has 1 aliphatic rings. The van der Waals surface area contributed by atoms with Crippen molar-refractivity contribution in [1.29, 1.82) is 0 Å². The first-order chi connectivity index (χ1) is 21.7. The molecule has 0 aromatic heterocycles. The van der Waals surface area contributed by atoms with Gasteiger partial charge in [-0.2, -0.15) is 15.3 Å². The Morgan fingerprint density at radius 3 is 1.88 bits per heavy atom. The zero-order valence-electron chi connectivity index (χ0n) is 25.2. The molecular formula is C28H21N9Na2O7S2. The van der Waals surface area contributed by atoms with Crippen molar-refractivity contribution in [1.82, 2.24) is 0 Å². The molecule has 0 amide bonds. The largest absolute Gasteiger partial charge is 1.00 e. The van der Waals surface area contributed by atoms with Crippen molar-refractivity contribution < 1.29 is 89.9 Å². The Labute approximate surface area is 318 Å². The van der Waals surface area contributed by atoms with Gasteiger partial charge in [-0.3, -0.25) is 10.2 Å². The van der Waals surface area contributed by atoms with Crippen LogP contribution in [0.4, 0.5) is 45.5 Å². The standard InChI is InChI=1S/C28H23N9O7S2.2Na/c29-16-6-11-21(20(30)14-16)35-32-18-7-9-19(10-8-18)34-36-26-22(45(39,40)41)12-15-13-23(46(42,43)44)27(28(38)24(15)25(26)31)37-33-17-4-2-1-3-5-17;;/h1-14,33H,29-31H2,(H,39,40,41)(H,42,43,44);;/q;2*+1/p-2. The summed E-state index contributed by atoms with van der Waals surface area (Å²) in [7, 11) is -10.6. The Morgan fingerprint density at radius 1 is 0.708 bits per heavy atom. The quantitative estimate of drug-likeness (QED) is 0.0551. The third-order valence-electron chi connectivity index (χ3n) is 6.34. The summed E-state index contributed by atoms with van der Waals surface area (Å²) < 4.78 is 72.8. The van der Waals surface area contributed by atoms with E-state index in [1.807, 2.05) is 0 Å². The molecule has 16 nitrogen and oxygen atoms in total. The van der Waals surface area contributed by atoms with E-state index in [1.54, 1.807) is 42.5 Å². The predicted molar refractivity (Wildman–Crippen MR) is 168 cm³/mol. The summed E-state index contributed by atoms with van der Waals surface area (Å²) in [4.78, 5) is 11.4. The molecule has 0 radical (unpaired) electrons. The van der Waals surface area contributed by atoms with Gasteiger partial charge in [-0.05, 0) is 72.3 Å². The normalized spacial score (nSPS) is 13.9. The minimum Gasteiger partial charge on any atom is -0.744 e. The van der Waals surface area contributed by atoms with Gasteiger partial charge in [-0.1, -0.05) is 18.2 Å². The van der Waals surface area contributed by atoms with E-state index in [2.05, 4.69) is 31.0 Å². The number of hydrogen-bond donors (Lipinski definition) is 4. The minimum absolute atomic E-state index is 0. The fourth-order valence-electron chi connectivity index (χ4n) is 4.19. The van der Waals surface area contributed by atoms with E-state index >= 15 is 0 Å². The maximum atomic E-state index is 13.5. The number of nitrogens with two attached hydrogens (primary N) is 3. The molecule has 4 aromatic carbocycles. The number of allylic oxidation sites excluding steroid dienone is 1. The number of Topliss-reactive ketones (excluding diaryl/α,β-unsaturated/α-hetero) is 1. The molecule has 7 N–H and O–H groups in total. The van der Waals surface area contributed by atoms with E-state index in [0.29, 0.717) is 40.6 Å². The van der Waals surface area contributed by atoms with Gasteiger partial charge in [0.05, 0.1) is 43.8 Å². The van der Waals surface area contributed by atoms with Crippen molar-refractivity contribution in [3.8, 4) is 0 Å². The van der Waals surface area contributed by atoms with Gasteiger partial charge in [0.25, 0.3) is 0 Å². The molecule has 0 bridgehead atoms. The van der Waals surface area contributed by atoms with E-state index in [4.69, 9.17) is 17.2 Å². The number of fused-ring (bicyclic) bond motifs is 1. The van der Waals surface area contributed by atoms with Gasteiger partial charge >= 0.3 is 59.1 Å². The first-order valence-corrected chi connectivity index (χ1v) is 15.7. The van der Waals surface area contributed by atoms with Gasteiger partial charge in [0.2, 0.25) is 5.78 Å². The van der Waals surface area contributed by atoms with E-state index in [1.165, 1.54) is 30.3 Å². The third kappa shape index (κ3) is 8.80. The van der Waals surface area contributed by atoms with Crippen LogP contribution < -0.4 is 81.7 Å². The number of para-hydroxylation sites is 1. The maximum Gasteiger partial charge on any atom is 1.00 e. The van der Waals surface area contributed by atoms with Gasteiger partial charge in [-0.25, -0.2) is 16.8 Å². The van der Waals surface area contributed by atoms with E-state index in [-0.39, 0.29) is 64.8 Å². The monoisotopic (exact) mass is 705 g/mol. The number of ketones is 1. The van der Waals surface area contributed by atoms with Crippen LogP contribution in [-0.4, -0.2) is 37.4 Å². The molecule has 0 aliphatic heterocycles. The summed E-state index contributed by atoms with van der Waals surface area (Å²) in [5, 5.41) is 19.7. The first kappa shape index (κ1) is 38.6. The molecule has 1 aliphatic carbocycles. The molecule has 4 aromatic rings. The summed E-state index contributed by atoms with van der Waals surface area (Å²) >= 11 is 0. The van der Waals surface area contributed by atoms with Gasteiger partial charge < -0.3 is 26.3 Å². The number of anilines is 4. The zero-order chi connectivity index (χ0) is 33.2. The van der Waals surface area contributed by atoms with Gasteiger partial charge in [0, 0.05) is 5.69 Å². The molecule has 0 atom stereocenters. The fraction of sp³-hybridized carbons (Fsp3) is 0. The van der Waals surface area contributed by atoms with Crippen LogP contribution in [-0.2, 0) is 20.2 Å². The van der Waals surface area contributed by atoms with Crippen LogP contribution in [0.2, 0.25) is 0 Å². The van der Waals surface area contributed by atoms with Crippen molar-refractivity contribution in [3.05, 3.63) is 94.9 Å². The molecule has 48 heavy (non-hydrogen) atoms. The van der Waals surface area contributed by atoms with Crippen LogP contribution in [0.1, 0.15) is 15.9 Å². The summed E-state index contributed by atoms with van der Waals surface area (Å²) in [6, 6.07) is 19.4.